The van der Waals surface area contributed by atoms with Gasteiger partial charge < -0.3 is 24.9 Å². The molecule has 0 amide bonds. The van der Waals surface area contributed by atoms with Crippen LogP contribution in [0, 0.1) is 32.6 Å². The van der Waals surface area contributed by atoms with Crippen LogP contribution in [-0.4, -0.2) is 93.0 Å². The van der Waals surface area contributed by atoms with Crippen LogP contribution in [0.4, 0.5) is 11.4 Å². The number of likely N-dealkylation sites (tertiary alicyclic amines) is 1. The lowest BCUT2D eigenvalue weighted by atomic mass is 9.80. The average molecular weight is 870 g/mol. The summed E-state index contributed by atoms with van der Waals surface area (Å²) in [5.41, 5.74) is 13.8. The Bertz CT molecular complexity index is 2820. The van der Waals surface area contributed by atoms with Crippen LogP contribution in [-0.2, 0) is 6.42 Å². The maximum Gasteiger partial charge on any atom is 0.335 e. The summed E-state index contributed by atoms with van der Waals surface area (Å²) < 4.78 is 2.18. The molecular weight excluding hydrogens is 815 g/mol. The van der Waals surface area contributed by atoms with Gasteiger partial charge in [-0.05, 0) is 135 Å². The number of allylic oxidation sites excluding steroid dienone is 1. The van der Waals surface area contributed by atoms with Gasteiger partial charge in [0.2, 0.25) is 0 Å². The van der Waals surface area contributed by atoms with Gasteiger partial charge in [0.25, 0.3) is 0 Å². The number of nitrogens with zero attached hydrogens (tertiary/aromatic N) is 7. The maximum atomic E-state index is 11.8. The summed E-state index contributed by atoms with van der Waals surface area (Å²) in [6.07, 6.45) is 3.63. The minimum atomic E-state index is -0.881. The molecule has 3 saturated heterocycles. The minimum absolute atomic E-state index is 0.111. The summed E-state index contributed by atoms with van der Waals surface area (Å²) in [6.45, 7) is 15.2. The summed E-state index contributed by atoms with van der Waals surface area (Å²) in [7, 11) is 0. The number of aryl methyl sites for hydroxylation is 3. The van der Waals surface area contributed by atoms with Crippen LogP contribution in [0.15, 0.2) is 102 Å². The van der Waals surface area contributed by atoms with Crippen molar-refractivity contribution in [2.45, 2.75) is 65.0 Å². The first-order valence-electron chi connectivity index (χ1n) is 22.9. The highest BCUT2D eigenvalue weighted by Gasteiger charge is 2.45. The number of hydrogen-bond acceptors (Lipinski definition) is 9. The zero-order valence-electron chi connectivity index (χ0n) is 37.1. The van der Waals surface area contributed by atoms with Gasteiger partial charge in [-0.3, -0.25) is 9.56 Å². The Hall–Kier alpha value is -5.88. The fourth-order valence-corrected chi connectivity index (χ4v) is 12.3. The molecule has 5 aliphatic rings. The highest BCUT2D eigenvalue weighted by atomic mass is 32.1. The summed E-state index contributed by atoms with van der Waals surface area (Å²) in [5.74, 6) is 2.06. The van der Waals surface area contributed by atoms with E-state index >= 15 is 0 Å². The van der Waals surface area contributed by atoms with Crippen molar-refractivity contribution in [2.75, 3.05) is 55.6 Å². The van der Waals surface area contributed by atoms with Gasteiger partial charge in [0.15, 0.2) is 5.82 Å². The highest BCUT2D eigenvalue weighted by Crippen LogP contribution is 2.43. The van der Waals surface area contributed by atoms with Crippen molar-refractivity contribution in [3.8, 4) is 5.00 Å². The van der Waals surface area contributed by atoms with Gasteiger partial charge in [0.1, 0.15) is 16.9 Å². The molecule has 6 aromatic rings. The topological polar surface area (TPSA) is 110 Å². The van der Waals surface area contributed by atoms with E-state index in [1.165, 1.54) is 44.0 Å². The molecule has 3 fully saturated rings. The molecule has 0 saturated carbocycles. The third-order valence-corrected chi connectivity index (χ3v) is 15.6. The number of β-amino-alcohol motifs (C(OH)–C–C–N with tert-alkyl or cyclic N) is 1. The van der Waals surface area contributed by atoms with Crippen molar-refractivity contribution in [1.82, 2.24) is 19.7 Å². The Kier molecular flexibility index (Phi) is 10.2. The van der Waals surface area contributed by atoms with Gasteiger partial charge in [-0.2, -0.15) is 0 Å². The van der Waals surface area contributed by atoms with Crippen molar-refractivity contribution >= 4 is 45.5 Å². The van der Waals surface area contributed by atoms with Crippen LogP contribution in [0.3, 0.4) is 0 Å². The number of aromatic carboxylic acids is 1. The fourth-order valence-electron chi connectivity index (χ4n) is 11.1. The highest BCUT2D eigenvalue weighted by molar-refractivity contribution is 7.15. The molecule has 11 rings (SSSR count). The Morgan fingerprint density at radius 2 is 1.50 bits per heavy atom. The standard InChI is InChI=1S/C53H55N7O3S/c1-32-34(3)64-51-47(32)49(54-33(2)50-56-55-35(4)60(50)51)40-15-20-44(21-16-40)59-30-53(63,31-59)24-36-25-57(26-36)27-37-28-58(29-37)43-18-13-39(14-19-43)48-45(38-9-6-5-7-10-38)12-8-11-41-23-42(52(61)62)17-22-46(41)48/h5-7,9-10,13-23,33,36-37,63H,8,11-12,24-31H2,1-4H3,(H,61,62)/t33-/m0/s1. The van der Waals surface area contributed by atoms with Gasteiger partial charge in [-0.1, -0.05) is 60.7 Å². The first kappa shape index (κ1) is 40.9. The SMILES string of the molecule is Cc1sc2c(c1C)C(c1ccc(N3CC(O)(CC4CN(CC5CN(c6ccc(C7=C(c8ccccc8)CCCc8cc(C(=O)O)ccc87)cc6)C5)C4)C3)cc1)=N[C@@H](C)c1nnc(C)n1-2. The van der Waals surface area contributed by atoms with Crippen molar-refractivity contribution in [1.29, 1.82) is 0 Å². The molecule has 4 aromatic carbocycles. The predicted molar refractivity (Wildman–Crippen MR) is 256 cm³/mol. The molecular formula is C53H55N7O3S. The number of carboxylic acid groups (broad SMARTS) is 1. The predicted octanol–water partition coefficient (Wildman–Crippen LogP) is 9.17. The number of anilines is 2. The normalized spacial score (nSPS) is 19.7. The molecule has 1 atom stereocenters. The van der Waals surface area contributed by atoms with Gasteiger partial charge >= 0.3 is 5.97 Å². The van der Waals surface area contributed by atoms with E-state index in [2.05, 4.69) is 129 Å². The van der Waals surface area contributed by atoms with Gasteiger partial charge in [-0.15, -0.1) is 21.5 Å². The van der Waals surface area contributed by atoms with E-state index in [4.69, 9.17) is 4.99 Å². The second kappa shape index (κ2) is 16.0. The second-order valence-corrected chi connectivity index (χ2v) is 20.2. The number of hydrogen-bond donors (Lipinski definition) is 2. The van der Waals surface area contributed by atoms with Crippen LogP contribution in [0.25, 0.3) is 16.1 Å². The smallest absolute Gasteiger partial charge is 0.335 e. The maximum absolute atomic E-state index is 11.8. The number of carbonyl (C=O) groups is 1. The number of rotatable bonds is 10. The van der Waals surface area contributed by atoms with Crippen LogP contribution < -0.4 is 9.80 Å². The first-order valence-corrected chi connectivity index (χ1v) is 23.7. The van der Waals surface area contributed by atoms with Crippen LogP contribution in [0.2, 0.25) is 0 Å². The molecule has 0 spiro atoms. The second-order valence-electron chi connectivity index (χ2n) is 19.0. The monoisotopic (exact) mass is 869 g/mol. The van der Waals surface area contributed by atoms with Crippen molar-refractivity contribution in [2.24, 2.45) is 16.8 Å². The molecule has 6 heterocycles. The van der Waals surface area contributed by atoms with Crippen LogP contribution >= 0.6 is 11.3 Å². The Labute approximate surface area is 379 Å². The number of aliphatic hydroxyl groups is 1. The molecule has 11 heteroatoms. The molecule has 2 aromatic heterocycles. The minimum Gasteiger partial charge on any atom is -0.478 e. The quantitative estimate of drug-likeness (QED) is 0.140. The summed E-state index contributed by atoms with van der Waals surface area (Å²) >= 11 is 1.78. The molecule has 0 unspecified atom stereocenters. The lowest BCUT2D eigenvalue weighted by molar-refractivity contribution is -0.0424. The van der Waals surface area contributed by atoms with E-state index in [0.717, 1.165) is 103 Å². The van der Waals surface area contributed by atoms with Crippen LogP contribution in [0.1, 0.15) is 98.1 Å². The zero-order chi connectivity index (χ0) is 43.9. The van der Waals surface area contributed by atoms with E-state index in [9.17, 15) is 15.0 Å². The number of benzene rings is 4. The number of aromatic nitrogens is 3. The molecule has 0 bridgehead atoms. The number of carboxylic acids is 1. The van der Waals surface area contributed by atoms with E-state index in [1.54, 1.807) is 17.4 Å². The van der Waals surface area contributed by atoms with Crippen molar-refractivity contribution in [3.05, 3.63) is 158 Å². The van der Waals surface area contributed by atoms with E-state index in [-0.39, 0.29) is 6.04 Å². The van der Waals surface area contributed by atoms with Crippen LogP contribution in [0.5, 0.6) is 0 Å². The van der Waals surface area contributed by atoms with Gasteiger partial charge in [0.05, 0.1) is 16.9 Å². The fraction of sp³-hybridized carbons (Fsp3) is 0.358. The average Bonchev–Trinajstić information content (AvgIpc) is 3.66. The molecule has 4 aliphatic heterocycles. The molecule has 2 N–H and O–H groups in total. The van der Waals surface area contributed by atoms with E-state index < -0.39 is 11.6 Å². The van der Waals surface area contributed by atoms with Gasteiger partial charge in [0, 0.05) is 79.1 Å². The Morgan fingerprint density at radius 1 is 0.797 bits per heavy atom. The third kappa shape index (κ3) is 7.27. The third-order valence-electron chi connectivity index (χ3n) is 14.4. The number of aliphatic imine (C=N–C) groups is 1. The summed E-state index contributed by atoms with van der Waals surface area (Å²) in [5, 5.41) is 31.3. The Balaban J connectivity index is 0.678. The first-order chi connectivity index (χ1) is 31.0. The van der Waals surface area contributed by atoms with E-state index in [0.29, 0.717) is 30.5 Å². The van der Waals surface area contributed by atoms with Crippen molar-refractivity contribution < 1.29 is 15.0 Å². The largest absolute Gasteiger partial charge is 0.478 e. The molecule has 64 heavy (non-hydrogen) atoms. The zero-order valence-corrected chi connectivity index (χ0v) is 37.9. The summed E-state index contributed by atoms with van der Waals surface area (Å²) in [4.78, 5) is 25.7. The number of thiophene rings is 1. The van der Waals surface area contributed by atoms with Gasteiger partial charge in [-0.25, -0.2) is 4.79 Å². The molecule has 0 radical (unpaired) electrons. The Morgan fingerprint density at radius 3 is 2.22 bits per heavy atom. The van der Waals surface area contributed by atoms with E-state index in [1.807, 2.05) is 19.1 Å². The lowest BCUT2D eigenvalue weighted by Gasteiger charge is -2.53. The lowest BCUT2D eigenvalue weighted by Crippen LogP contribution is -2.65. The van der Waals surface area contributed by atoms with Crippen molar-refractivity contribution in [3.63, 3.8) is 0 Å². The summed E-state index contributed by atoms with van der Waals surface area (Å²) in [6, 6.07) is 33.9. The molecule has 326 valence electrons. The molecule has 10 nitrogen and oxygen atoms in total. The molecule has 1 aliphatic carbocycles. The number of fused-ring (bicyclic) bond motifs is 4.